The molecule has 5 heteroatoms. The first kappa shape index (κ1) is 13.7. The van der Waals surface area contributed by atoms with Crippen LogP contribution < -0.4 is 0 Å². The molecule has 0 aliphatic heterocycles. The highest BCUT2D eigenvalue weighted by atomic mass is 16.6. The average Bonchev–Trinajstić information content (AvgIpc) is 2.63. The molecule has 0 fully saturated rings. The fraction of sp³-hybridized carbons (Fsp3) is 0.750. The average molecular weight is 240 g/mol. The van der Waals surface area contributed by atoms with Gasteiger partial charge in [-0.1, -0.05) is 12.1 Å². The number of esters is 1. The summed E-state index contributed by atoms with van der Waals surface area (Å²) < 4.78 is 10.2. The van der Waals surface area contributed by atoms with Crippen LogP contribution in [0.4, 0.5) is 0 Å². The molecule has 0 amide bonds. The maximum absolute atomic E-state index is 11.4. The Kier molecular flexibility index (Phi) is 4.66. The van der Waals surface area contributed by atoms with Crippen molar-refractivity contribution in [2.24, 2.45) is 0 Å². The van der Waals surface area contributed by atoms with Gasteiger partial charge in [0.1, 0.15) is 5.60 Å². The predicted molar refractivity (Wildman–Crippen MR) is 62.5 cm³/mol. The van der Waals surface area contributed by atoms with Gasteiger partial charge in [0.2, 0.25) is 5.89 Å². The maximum atomic E-state index is 11.4. The zero-order valence-corrected chi connectivity index (χ0v) is 10.9. The Labute approximate surface area is 102 Å². The van der Waals surface area contributed by atoms with Crippen molar-refractivity contribution in [1.29, 1.82) is 0 Å². The maximum Gasteiger partial charge on any atom is 0.306 e. The van der Waals surface area contributed by atoms with Crippen molar-refractivity contribution in [3.63, 3.8) is 0 Å². The normalized spacial score (nSPS) is 11.5. The van der Waals surface area contributed by atoms with Crippen LogP contribution in [0.3, 0.4) is 0 Å². The molecule has 0 bridgehead atoms. The summed E-state index contributed by atoms with van der Waals surface area (Å²) in [5, 5.41) is 3.79. The van der Waals surface area contributed by atoms with E-state index in [9.17, 15) is 4.79 Å². The van der Waals surface area contributed by atoms with Crippen LogP contribution in [0.1, 0.15) is 52.3 Å². The molecule has 0 aliphatic rings. The number of nitrogens with zero attached hydrogens (tertiary/aromatic N) is 2. The number of carbonyl (C=O) groups is 1. The Morgan fingerprint density at radius 2 is 2.12 bits per heavy atom. The first-order valence-corrected chi connectivity index (χ1v) is 5.94. The SMILES string of the molecule is CCc1noc(CCCC(=O)OC(C)(C)C)n1. The number of carbonyl (C=O) groups excluding carboxylic acids is 1. The molecule has 17 heavy (non-hydrogen) atoms. The zero-order valence-electron chi connectivity index (χ0n) is 10.9. The van der Waals surface area contributed by atoms with Crippen molar-refractivity contribution >= 4 is 5.97 Å². The summed E-state index contributed by atoms with van der Waals surface area (Å²) in [5.74, 6) is 1.11. The van der Waals surface area contributed by atoms with Gasteiger partial charge in [-0.15, -0.1) is 0 Å². The van der Waals surface area contributed by atoms with E-state index in [1.165, 1.54) is 0 Å². The lowest BCUT2D eigenvalue weighted by Crippen LogP contribution is -2.23. The summed E-state index contributed by atoms with van der Waals surface area (Å²) in [6.07, 6.45) is 2.42. The molecule has 1 aromatic heterocycles. The largest absolute Gasteiger partial charge is 0.460 e. The van der Waals surface area contributed by atoms with Crippen molar-refractivity contribution in [1.82, 2.24) is 10.1 Å². The number of ether oxygens (including phenoxy) is 1. The molecule has 1 rings (SSSR count). The second-order valence-corrected chi connectivity index (χ2v) is 4.90. The van der Waals surface area contributed by atoms with Gasteiger partial charge in [0.25, 0.3) is 0 Å². The van der Waals surface area contributed by atoms with Crippen LogP contribution in [0.2, 0.25) is 0 Å². The van der Waals surface area contributed by atoms with Gasteiger partial charge < -0.3 is 9.26 Å². The van der Waals surface area contributed by atoms with Crippen molar-refractivity contribution < 1.29 is 14.1 Å². The molecule has 1 aromatic rings. The van der Waals surface area contributed by atoms with Crippen molar-refractivity contribution in [3.05, 3.63) is 11.7 Å². The third-order valence-electron chi connectivity index (χ3n) is 2.02. The Morgan fingerprint density at radius 1 is 1.41 bits per heavy atom. The van der Waals surface area contributed by atoms with E-state index in [1.807, 2.05) is 27.7 Å². The van der Waals surface area contributed by atoms with Crippen molar-refractivity contribution in [2.45, 2.75) is 59.0 Å². The van der Waals surface area contributed by atoms with Gasteiger partial charge in [-0.05, 0) is 27.2 Å². The van der Waals surface area contributed by atoms with Gasteiger partial charge in [-0.3, -0.25) is 4.79 Å². The third kappa shape index (κ3) is 5.47. The highest BCUT2D eigenvalue weighted by molar-refractivity contribution is 5.69. The van der Waals surface area contributed by atoms with Crippen LogP contribution in [0, 0.1) is 0 Å². The minimum absolute atomic E-state index is 0.187. The molecule has 0 N–H and O–H groups in total. The smallest absolute Gasteiger partial charge is 0.306 e. The van der Waals surface area contributed by atoms with Gasteiger partial charge in [0.15, 0.2) is 5.82 Å². The highest BCUT2D eigenvalue weighted by Gasteiger charge is 2.16. The summed E-state index contributed by atoms with van der Waals surface area (Å²) in [4.78, 5) is 15.6. The summed E-state index contributed by atoms with van der Waals surface area (Å²) in [6, 6.07) is 0. The molecule has 0 aliphatic carbocycles. The van der Waals surface area contributed by atoms with Gasteiger partial charge >= 0.3 is 5.97 Å². The lowest BCUT2D eigenvalue weighted by atomic mass is 10.2. The Bertz CT molecular complexity index is 366. The van der Waals surface area contributed by atoms with E-state index >= 15 is 0 Å². The van der Waals surface area contributed by atoms with E-state index in [0.717, 1.165) is 6.42 Å². The number of aryl methyl sites for hydroxylation is 2. The molecule has 0 radical (unpaired) electrons. The molecule has 0 saturated heterocycles. The van der Waals surface area contributed by atoms with E-state index in [2.05, 4.69) is 10.1 Å². The molecule has 96 valence electrons. The van der Waals surface area contributed by atoms with Crippen LogP contribution in [0.25, 0.3) is 0 Å². The summed E-state index contributed by atoms with van der Waals surface area (Å²) in [7, 11) is 0. The molecule has 0 unspecified atom stereocenters. The monoisotopic (exact) mass is 240 g/mol. The fourth-order valence-corrected chi connectivity index (χ4v) is 1.31. The Hall–Kier alpha value is -1.39. The molecule has 5 nitrogen and oxygen atoms in total. The predicted octanol–water partition coefficient (Wildman–Crippen LogP) is 2.30. The number of hydrogen-bond acceptors (Lipinski definition) is 5. The van der Waals surface area contributed by atoms with E-state index < -0.39 is 5.60 Å². The zero-order chi connectivity index (χ0) is 12.9. The standard InChI is InChI=1S/C12H20N2O3/c1-5-9-13-10(17-14-9)7-6-8-11(15)16-12(2,3)4/h5-8H2,1-4H3. The second kappa shape index (κ2) is 5.80. The van der Waals surface area contributed by atoms with Gasteiger partial charge in [-0.25, -0.2) is 0 Å². The number of aromatic nitrogens is 2. The molecular weight excluding hydrogens is 220 g/mol. The molecule has 0 spiro atoms. The van der Waals surface area contributed by atoms with Crippen LogP contribution >= 0.6 is 0 Å². The fourth-order valence-electron chi connectivity index (χ4n) is 1.31. The Balaban J connectivity index is 2.26. The van der Waals surface area contributed by atoms with Crippen LogP contribution in [-0.2, 0) is 22.4 Å². The first-order chi connectivity index (χ1) is 7.90. The van der Waals surface area contributed by atoms with Gasteiger partial charge in [-0.2, -0.15) is 4.98 Å². The second-order valence-electron chi connectivity index (χ2n) is 4.90. The molecular formula is C12H20N2O3. The molecule has 0 aromatic carbocycles. The number of rotatable bonds is 5. The third-order valence-corrected chi connectivity index (χ3v) is 2.02. The first-order valence-electron chi connectivity index (χ1n) is 5.94. The van der Waals surface area contributed by atoms with E-state index in [4.69, 9.17) is 9.26 Å². The minimum atomic E-state index is -0.420. The highest BCUT2D eigenvalue weighted by Crippen LogP contribution is 2.10. The van der Waals surface area contributed by atoms with Crippen LogP contribution in [0.15, 0.2) is 4.52 Å². The van der Waals surface area contributed by atoms with Crippen LogP contribution in [0.5, 0.6) is 0 Å². The topological polar surface area (TPSA) is 65.2 Å². The molecule has 0 atom stereocenters. The lowest BCUT2D eigenvalue weighted by molar-refractivity contribution is -0.154. The summed E-state index contributed by atoms with van der Waals surface area (Å²) in [5.41, 5.74) is -0.420. The summed E-state index contributed by atoms with van der Waals surface area (Å²) >= 11 is 0. The Morgan fingerprint density at radius 3 is 2.65 bits per heavy atom. The summed E-state index contributed by atoms with van der Waals surface area (Å²) in [6.45, 7) is 7.54. The lowest BCUT2D eigenvalue weighted by Gasteiger charge is -2.19. The quantitative estimate of drug-likeness (QED) is 0.739. The van der Waals surface area contributed by atoms with E-state index in [0.29, 0.717) is 31.0 Å². The molecule has 0 saturated carbocycles. The number of hydrogen-bond donors (Lipinski definition) is 0. The van der Waals surface area contributed by atoms with Gasteiger partial charge in [0.05, 0.1) is 0 Å². The minimum Gasteiger partial charge on any atom is -0.460 e. The van der Waals surface area contributed by atoms with Crippen molar-refractivity contribution in [3.8, 4) is 0 Å². The van der Waals surface area contributed by atoms with Crippen molar-refractivity contribution in [2.75, 3.05) is 0 Å². The van der Waals surface area contributed by atoms with Gasteiger partial charge in [0, 0.05) is 19.3 Å². The van der Waals surface area contributed by atoms with E-state index in [1.54, 1.807) is 0 Å². The van der Waals surface area contributed by atoms with Crippen LogP contribution in [-0.4, -0.2) is 21.7 Å². The van der Waals surface area contributed by atoms with E-state index in [-0.39, 0.29) is 5.97 Å². The molecule has 1 heterocycles.